The van der Waals surface area contributed by atoms with E-state index in [1.807, 2.05) is 30.3 Å². The van der Waals surface area contributed by atoms with Gasteiger partial charge in [-0.15, -0.1) is 11.3 Å². The molecule has 0 aliphatic rings. The lowest BCUT2D eigenvalue weighted by molar-refractivity contribution is 0.0995. The van der Waals surface area contributed by atoms with Gasteiger partial charge in [-0.25, -0.2) is 0 Å². The molecule has 1 heterocycles. The highest BCUT2D eigenvalue weighted by Crippen LogP contribution is 2.25. The fourth-order valence-electron chi connectivity index (χ4n) is 2.83. The third-order valence-corrected chi connectivity index (χ3v) is 4.97. The number of hydrogen-bond donors (Lipinski definition) is 0. The number of ether oxygens (including phenoxy) is 1. The SMILES string of the molecule is CCn1c(-c2ccccc2)c(C)sc1=NC(=O)c1ccccc1OC. The Morgan fingerprint density at radius 3 is 2.48 bits per heavy atom. The van der Waals surface area contributed by atoms with Crippen LogP contribution in [0.2, 0.25) is 0 Å². The molecular weight excluding hydrogens is 332 g/mol. The van der Waals surface area contributed by atoms with Crippen molar-refractivity contribution in [2.75, 3.05) is 7.11 Å². The first kappa shape index (κ1) is 17.2. The van der Waals surface area contributed by atoms with E-state index in [1.165, 1.54) is 11.3 Å². The molecule has 0 unspecified atom stereocenters. The second-order valence-electron chi connectivity index (χ2n) is 5.52. The van der Waals surface area contributed by atoms with E-state index in [2.05, 4.69) is 35.5 Å². The zero-order valence-corrected chi connectivity index (χ0v) is 15.3. The third-order valence-electron chi connectivity index (χ3n) is 3.98. The molecule has 2 aromatic carbocycles. The number of rotatable bonds is 4. The first-order chi connectivity index (χ1) is 12.2. The summed E-state index contributed by atoms with van der Waals surface area (Å²) in [6.07, 6.45) is 0. The standard InChI is InChI=1S/C20H20N2O2S/c1-4-22-18(15-10-6-5-7-11-15)14(2)25-20(22)21-19(23)16-12-8-9-13-17(16)24-3/h5-13H,4H2,1-3H3. The summed E-state index contributed by atoms with van der Waals surface area (Å²) in [6, 6.07) is 17.3. The summed E-state index contributed by atoms with van der Waals surface area (Å²) >= 11 is 1.53. The van der Waals surface area contributed by atoms with Crippen molar-refractivity contribution in [1.82, 2.24) is 4.57 Å². The largest absolute Gasteiger partial charge is 0.496 e. The minimum Gasteiger partial charge on any atom is -0.496 e. The van der Waals surface area contributed by atoms with Gasteiger partial charge in [-0.05, 0) is 31.5 Å². The number of amides is 1. The van der Waals surface area contributed by atoms with Crippen LogP contribution in [0.3, 0.4) is 0 Å². The average molecular weight is 352 g/mol. The first-order valence-corrected chi connectivity index (χ1v) is 8.95. The fourth-order valence-corrected chi connectivity index (χ4v) is 3.88. The summed E-state index contributed by atoms with van der Waals surface area (Å²) in [6.45, 7) is 4.86. The molecule has 0 atom stereocenters. The highest BCUT2D eigenvalue weighted by molar-refractivity contribution is 7.09. The molecule has 25 heavy (non-hydrogen) atoms. The second kappa shape index (κ2) is 7.49. The van der Waals surface area contributed by atoms with Crippen LogP contribution in [0.5, 0.6) is 5.75 Å². The molecule has 0 saturated heterocycles. The quantitative estimate of drug-likeness (QED) is 0.703. The van der Waals surface area contributed by atoms with Crippen LogP contribution in [0.15, 0.2) is 59.6 Å². The van der Waals surface area contributed by atoms with E-state index in [0.29, 0.717) is 16.1 Å². The van der Waals surface area contributed by atoms with E-state index in [-0.39, 0.29) is 5.91 Å². The van der Waals surface area contributed by atoms with E-state index >= 15 is 0 Å². The highest BCUT2D eigenvalue weighted by Gasteiger charge is 2.14. The Hall–Kier alpha value is -2.66. The molecule has 0 spiro atoms. The van der Waals surface area contributed by atoms with Crippen LogP contribution < -0.4 is 9.54 Å². The van der Waals surface area contributed by atoms with Gasteiger partial charge in [0.25, 0.3) is 5.91 Å². The molecule has 0 radical (unpaired) electrons. The molecule has 0 aliphatic carbocycles. The topological polar surface area (TPSA) is 43.6 Å². The summed E-state index contributed by atoms with van der Waals surface area (Å²) in [5.41, 5.74) is 2.71. The number of carbonyl (C=O) groups is 1. The van der Waals surface area contributed by atoms with Gasteiger partial charge >= 0.3 is 0 Å². The number of methoxy groups -OCH3 is 1. The molecule has 0 saturated carbocycles. The summed E-state index contributed by atoms with van der Waals surface area (Å²) in [5.74, 6) is 0.247. The normalized spacial score (nSPS) is 11.6. The Morgan fingerprint density at radius 1 is 1.12 bits per heavy atom. The molecular formula is C20H20N2O2S. The maximum atomic E-state index is 12.7. The first-order valence-electron chi connectivity index (χ1n) is 8.13. The van der Waals surface area contributed by atoms with E-state index in [0.717, 1.165) is 22.7 Å². The molecule has 0 bridgehead atoms. The van der Waals surface area contributed by atoms with Crippen molar-refractivity contribution < 1.29 is 9.53 Å². The van der Waals surface area contributed by atoms with Crippen molar-refractivity contribution in [3.8, 4) is 17.0 Å². The molecule has 5 heteroatoms. The van der Waals surface area contributed by atoms with E-state index < -0.39 is 0 Å². The lowest BCUT2D eigenvalue weighted by atomic mass is 10.1. The van der Waals surface area contributed by atoms with Crippen LogP contribution in [-0.2, 0) is 6.54 Å². The molecule has 4 nitrogen and oxygen atoms in total. The smallest absolute Gasteiger partial charge is 0.283 e. The van der Waals surface area contributed by atoms with Gasteiger partial charge in [0.2, 0.25) is 0 Å². The Labute approximate surface area is 151 Å². The lowest BCUT2D eigenvalue weighted by Gasteiger charge is -2.07. The molecule has 3 aromatic rings. The molecule has 0 fully saturated rings. The molecule has 1 aromatic heterocycles. The minimum absolute atomic E-state index is 0.291. The molecule has 3 rings (SSSR count). The van der Waals surface area contributed by atoms with Crippen LogP contribution in [-0.4, -0.2) is 17.6 Å². The predicted octanol–water partition coefficient (Wildman–Crippen LogP) is 4.29. The third kappa shape index (κ3) is 3.42. The molecule has 128 valence electrons. The van der Waals surface area contributed by atoms with Crippen LogP contribution in [0.1, 0.15) is 22.2 Å². The Kier molecular flexibility index (Phi) is 5.14. The van der Waals surface area contributed by atoms with Crippen LogP contribution in [0, 0.1) is 6.92 Å². The lowest BCUT2D eigenvalue weighted by Crippen LogP contribution is -2.17. The summed E-state index contributed by atoms with van der Waals surface area (Å²) < 4.78 is 7.36. The van der Waals surface area contributed by atoms with E-state index in [9.17, 15) is 4.79 Å². The van der Waals surface area contributed by atoms with Crippen LogP contribution >= 0.6 is 11.3 Å². The zero-order valence-electron chi connectivity index (χ0n) is 14.5. The van der Waals surface area contributed by atoms with E-state index in [4.69, 9.17) is 4.74 Å². The van der Waals surface area contributed by atoms with Gasteiger partial charge in [0.15, 0.2) is 4.80 Å². The van der Waals surface area contributed by atoms with Gasteiger partial charge < -0.3 is 9.30 Å². The van der Waals surface area contributed by atoms with Crippen molar-refractivity contribution in [1.29, 1.82) is 0 Å². The summed E-state index contributed by atoms with van der Waals surface area (Å²) in [5, 5.41) is 0. The Balaban J connectivity index is 2.12. The van der Waals surface area contributed by atoms with Gasteiger partial charge in [-0.1, -0.05) is 42.5 Å². The predicted molar refractivity (Wildman–Crippen MR) is 101 cm³/mol. The van der Waals surface area contributed by atoms with Crippen molar-refractivity contribution in [2.24, 2.45) is 4.99 Å². The maximum absolute atomic E-state index is 12.7. The number of carbonyl (C=O) groups excluding carboxylic acids is 1. The maximum Gasteiger partial charge on any atom is 0.283 e. The molecule has 1 amide bonds. The zero-order chi connectivity index (χ0) is 17.8. The average Bonchev–Trinajstić information content (AvgIpc) is 2.97. The number of aromatic nitrogens is 1. The number of nitrogens with zero attached hydrogens (tertiary/aromatic N) is 2. The summed E-state index contributed by atoms with van der Waals surface area (Å²) in [7, 11) is 1.56. The van der Waals surface area contributed by atoms with E-state index in [1.54, 1.807) is 19.2 Å². The van der Waals surface area contributed by atoms with Gasteiger partial charge in [0.05, 0.1) is 18.4 Å². The number of para-hydroxylation sites is 1. The van der Waals surface area contributed by atoms with Crippen molar-refractivity contribution in [2.45, 2.75) is 20.4 Å². The number of hydrogen-bond acceptors (Lipinski definition) is 3. The highest BCUT2D eigenvalue weighted by atomic mass is 32.1. The monoisotopic (exact) mass is 352 g/mol. The Bertz CT molecular complexity index is 955. The van der Waals surface area contributed by atoms with Crippen LogP contribution in [0.25, 0.3) is 11.3 Å². The van der Waals surface area contributed by atoms with Crippen LogP contribution in [0.4, 0.5) is 0 Å². The van der Waals surface area contributed by atoms with Gasteiger partial charge in [-0.3, -0.25) is 4.79 Å². The number of thiazole rings is 1. The van der Waals surface area contributed by atoms with Gasteiger partial charge in [-0.2, -0.15) is 4.99 Å². The fraction of sp³-hybridized carbons (Fsp3) is 0.200. The Morgan fingerprint density at radius 2 is 1.80 bits per heavy atom. The van der Waals surface area contributed by atoms with Crippen molar-refractivity contribution >= 4 is 17.2 Å². The van der Waals surface area contributed by atoms with Gasteiger partial charge in [0, 0.05) is 11.4 Å². The van der Waals surface area contributed by atoms with Crippen molar-refractivity contribution in [3.63, 3.8) is 0 Å². The van der Waals surface area contributed by atoms with Gasteiger partial charge in [0.1, 0.15) is 5.75 Å². The molecule has 0 N–H and O–H groups in total. The summed E-state index contributed by atoms with van der Waals surface area (Å²) in [4.78, 5) is 18.9. The van der Waals surface area contributed by atoms with Crippen molar-refractivity contribution in [3.05, 3.63) is 69.8 Å². The second-order valence-corrected chi connectivity index (χ2v) is 6.70. The number of benzene rings is 2. The molecule has 0 aliphatic heterocycles. The number of aryl methyl sites for hydroxylation is 1. The minimum atomic E-state index is -0.291.